The summed E-state index contributed by atoms with van der Waals surface area (Å²) in [5, 5.41) is 3.31. The zero-order valence-electron chi connectivity index (χ0n) is 16.0. The number of sulfonamides is 1. The molecule has 0 saturated carbocycles. The predicted molar refractivity (Wildman–Crippen MR) is 105 cm³/mol. The molecule has 0 spiro atoms. The van der Waals surface area contributed by atoms with Crippen molar-refractivity contribution in [1.29, 1.82) is 0 Å². The van der Waals surface area contributed by atoms with Crippen molar-refractivity contribution >= 4 is 15.8 Å². The Bertz CT molecular complexity index is 796. The van der Waals surface area contributed by atoms with E-state index in [0.29, 0.717) is 25.5 Å². The van der Waals surface area contributed by atoms with Gasteiger partial charge in [-0.05, 0) is 50.2 Å². The Hall–Kier alpha value is -1.90. The molecule has 1 fully saturated rings. The van der Waals surface area contributed by atoms with E-state index < -0.39 is 10.0 Å². The first kappa shape index (κ1) is 19.9. The van der Waals surface area contributed by atoms with Crippen LogP contribution in [0.4, 0.5) is 5.82 Å². The summed E-state index contributed by atoms with van der Waals surface area (Å²) in [7, 11) is -3.42. The molecule has 1 aliphatic heterocycles. The van der Waals surface area contributed by atoms with Gasteiger partial charge in [0.15, 0.2) is 0 Å². The summed E-state index contributed by atoms with van der Waals surface area (Å²) in [5.74, 6) is 1.55. The topological polar surface area (TPSA) is 78.7 Å². The number of hydrogen-bond donors (Lipinski definition) is 1. The van der Waals surface area contributed by atoms with E-state index in [4.69, 9.17) is 4.42 Å². The highest BCUT2D eigenvalue weighted by Gasteiger charge is 2.27. The van der Waals surface area contributed by atoms with Gasteiger partial charge in [0.05, 0.1) is 12.3 Å². The molecule has 7 nitrogen and oxygen atoms in total. The summed E-state index contributed by atoms with van der Waals surface area (Å²) in [6.07, 6.45) is 4.97. The lowest BCUT2D eigenvalue weighted by Crippen LogP contribution is -2.33. The van der Waals surface area contributed by atoms with Crippen LogP contribution in [0.15, 0.2) is 46.0 Å². The highest BCUT2D eigenvalue weighted by atomic mass is 32.2. The van der Waals surface area contributed by atoms with Gasteiger partial charge in [0.2, 0.25) is 10.0 Å². The Morgan fingerprint density at radius 1 is 1.22 bits per heavy atom. The van der Waals surface area contributed by atoms with Gasteiger partial charge < -0.3 is 9.73 Å². The van der Waals surface area contributed by atoms with Crippen LogP contribution in [0.25, 0.3) is 0 Å². The van der Waals surface area contributed by atoms with E-state index in [1.54, 1.807) is 18.4 Å². The van der Waals surface area contributed by atoms with Crippen LogP contribution in [0.3, 0.4) is 0 Å². The van der Waals surface area contributed by atoms with Crippen LogP contribution >= 0.6 is 0 Å². The fourth-order valence-corrected chi connectivity index (χ4v) is 4.93. The second-order valence-electron chi connectivity index (χ2n) is 6.62. The minimum absolute atomic E-state index is 0.0878. The number of nitrogens with one attached hydrogen (secondary N) is 1. The fraction of sp³-hybridized carbons (Fsp3) is 0.526. The molecule has 1 unspecified atom stereocenters. The molecule has 1 N–H and O–H groups in total. The molecule has 0 amide bonds. The molecule has 0 aliphatic carbocycles. The smallest absolute Gasteiger partial charge is 0.244 e. The maximum Gasteiger partial charge on any atom is 0.244 e. The zero-order chi connectivity index (χ0) is 19.3. The van der Waals surface area contributed by atoms with Gasteiger partial charge in [-0.1, -0.05) is 13.8 Å². The fourth-order valence-electron chi connectivity index (χ4n) is 3.47. The predicted octanol–water partition coefficient (Wildman–Crippen LogP) is 2.95. The van der Waals surface area contributed by atoms with E-state index >= 15 is 0 Å². The van der Waals surface area contributed by atoms with Crippen LogP contribution in [0.1, 0.15) is 38.5 Å². The molecule has 0 bridgehead atoms. The maximum absolute atomic E-state index is 12.6. The van der Waals surface area contributed by atoms with E-state index in [-0.39, 0.29) is 10.9 Å². The number of hydrogen-bond acceptors (Lipinski definition) is 6. The molecule has 148 valence electrons. The van der Waals surface area contributed by atoms with Gasteiger partial charge in [0, 0.05) is 25.8 Å². The summed E-state index contributed by atoms with van der Waals surface area (Å²) in [6.45, 7) is 7.87. The number of nitrogens with zero attached hydrogens (tertiary/aromatic N) is 3. The van der Waals surface area contributed by atoms with Crippen molar-refractivity contribution in [2.45, 2.75) is 37.6 Å². The largest absolute Gasteiger partial charge is 0.468 e. The van der Waals surface area contributed by atoms with Crippen molar-refractivity contribution in [2.75, 3.05) is 38.0 Å². The minimum atomic E-state index is -3.42. The van der Waals surface area contributed by atoms with Crippen LogP contribution in [0.2, 0.25) is 0 Å². The highest BCUT2D eigenvalue weighted by Crippen LogP contribution is 2.23. The average molecular weight is 393 g/mol. The standard InChI is InChI=1S/C19H28N4O3S/c1-3-22(4-2)17(18-8-7-13-26-18)15-21-19-10-9-16(14-20-19)27(24,25)23-11-5-6-12-23/h7-10,13-14,17H,3-6,11-12,15H2,1-2H3,(H,20,21). The normalized spacial score (nSPS) is 16.7. The maximum atomic E-state index is 12.6. The van der Waals surface area contributed by atoms with Crippen LogP contribution in [0.5, 0.6) is 0 Å². The number of furan rings is 1. The molecule has 27 heavy (non-hydrogen) atoms. The molecule has 2 aromatic heterocycles. The van der Waals surface area contributed by atoms with Crippen molar-refractivity contribution < 1.29 is 12.8 Å². The van der Waals surface area contributed by atoms with Gasteiger partial charge in [-0.2, -0.15) is 4.31 Å². The Morgan fingerprint density at radius 3 is 2.52 bits per heavy atom. The van der Waals surface area contributed by atoms with E-state index in [9.17, 15) is 8.42 Å². The molecule has 0 radical (unpaired) electrons. The Balaban J connectivity index is 1.68. The molecule has 1 aliphatic rings. The lowest BCUT2D eigenvalue weighted by Gasteiger charge is -2.28. The minimum Gasteiger partial charge on any atom is -0.468 e. The van der Waals surface area contributed by atoms with Crippen molar-refractivity contribution in [1.82, 2.24) is 14.2 Å². The van der Waals surface area contributed by atoms with Crippen molar-refractivity contribution in [3.05, 3.63) is 42.5 Å². The lowest BCUT2D eigenvalue weighted by molar-refractivity contribution is 0.202. The van der Waals surface area contributed by atoms with Crippen molar-refractivity contribution in [3.63, 3.8) is 0 Å². The summed E-state index contributed by atoms with van der Waals surface area (Å²) in [5.41, 5.74) is 0. The molecular weight excluding hydrogens is 364 g/mol. The van der Waals surface area contributed by atoms with Gasteiger partial charge in [-0.15, -0.1) is 0 Å². The monoisotopic (exact) mass is 392 g/mol. The molecule has 8 heteroatoms. The third-order valence-electron chi connectivity index (χ3n) is 5.04. The van der Waals surface area contributed by atoms with E-state index in [2.05, 4.69) is 29.0 Å². The molecule has 1 atom stereocenters. The van der Waals surface area contributed by atoms with Crippen LogP contribution in [0, 0.1) is 0 Å². The van der Waals surface area contributed by atoms with Crippen molar-refractivity contribution in [3.8, 4) is 0 Å². The Morgan fingerprint density at radius 2 is 1.96 bits per heavy atom. The third-order valence-corrected chi connectivity index (χ3v) is 6.92. The average Bonchev–Trinajstić information content (AvgIpc) is 3.40. The van der Waals surface area contributed by atoms with Gasteiger partial charge in [0.1, 0.15) is 16.5 Å². The zero-order valence-corrected chi connectivity index (χ0v) is 16.8. The number of pyridine rings is 1. The number of likely N-dealkylation sites (N-methyl/N-ethyl adjacent to an activating group) is 1. The van der Waals surface area contributed by atoms with Gasteiger partial charge in [-0.25, -0.2) is 13.4 Å². The molecular formula is C19H28N4O3S. The first-order valence-electron chi connectivity index (χ1n) is 9.53. The second kappa shape index (κ2) is 8.86. The Kier molecular flexibility index (Phi) is 6.51. The van der Waals surface area contributed by atoms with Gasteiger partial charge >= 0.3 is 0 Å². The van der Waals surface area contributed by atoms with Crippen LogP contribution in [-0.4, -0.2) is 55.3 Å². The summed E-state index contributed by atoms with van der Waals surface area (Å²) >= 11 is 0. The van der Waals surface area contributed by atoms with Crippen LogP contribution < -0.4 is 5.32 Å². The van der Waals surface area contributed by atoms with Crippen LogP contribution in [-0.2, 0) is 10.0 Å². The van der Waals surface area contributed by atoms with E-state index in [0.717, 1.165) is 31.7 Å². The van der Waals surface area contributed by atoms with E-state index in [1.165, 1.54) is 10.5 Å². The number of aromatic nitrogens is 1. The molecule has 3 rings (SSSR count). The molecule has 0 aromatic carbocycles. The first-order valence-corrected chi connectivity index (χ1v) is 11.0. The SMILES string of the molecule is CCN(CC)C(CNc1ccc(S(=O)(=O)N2CCCC2)cn1)c1ccco1. The highest BCUT2D eigenvalue weighted by molar-refractivity contribution is 7.89. The van der Waals surface area contributed by atoms with Crippen molar-refractivity contribution in [2.24, 2.45) is 0 Å². The summed E-state index contributed by atoms with van der Waals surface area (Å²) in [6, 6.07) is 7.31. The summed E-state index contributed by atoms with van der Waals surface area (Å²) in [4.78, 5) is 6.87. The Labute approximate surface area is 161 Å². The molecule has 2 aromatic rings. The second-order valence-corrected chi connectivity index (χ2v) is 8.56. The van der Waals surface area contributed by atoms with Gasteiger partial charge in [-0.3, -0.25) is 4.90 Å². The number of anilines is 1. The molecule has 1 saturated heterocycles. The summed E-state index contributed by atoms with van der Waals surface area (Å²) < 4.78 is 32.3. The van der Waals surface area contributed by atoms with Gasteiger partial charge in [0.25, 0.3) is 0 Å². The lowest BCUT2D eigenvalue weighted by atomic mass is 10.2. The molecule has 3 heterocycles. The quantitative estimate of drug-likeness (QED) is 0.707. The third kappa shape index (κ3) is 4.51. The first-order chi connectivity index (χ1) is 13.1. The van der Waals surface area contributed by atoms with E-state index in [1.807, 2.05) is 12.1 Å². The number of rotatable bonds is 9.